The molecule has 1 atom stereocenters. The number of rotatable bonds is 3. The lowest BCUT2D eigenvalue weighted by Crippen LogP contribution is -2.40. The molecule has 88 valence electrons. The highest BCUT2D eigenvalue weighted by molar-refractivity contribution is 5.78. The van der Waals surface area contributed by atoms with E-state index < -0.39 is 0 Å². The van der Waals surface area contributed by atoms with Gasteiger partial charge in [-0.15, -0.1) is 0 Å². The van der Waals surface area contributed by atoms with Crippen molar-refractivity contribution in [3.8, 4) is 0 Å². The fraction of sp³-hybridized carbons (Fsp3) is 0.917. The first-order chi connectivity index (χ1) is 7.11. The van der Waals surface area contributed by atoms with Gasteiger partial charge in [0.05, 0.1) is 0 Å². The van der Waals surface area contributed by atoms with Gasteiger partial charge in [0, 0.05) is 25.6 Å². The third-order valence-corrected chi connectivity index (χ3v) is 3.14. The van der Waals surface area contributed by atoms with Crippen LogP contribution in [0.3, 0.4) is 0 Å². The van der Waals surface area contributed by atoms with E-state index in [0.717, 1.165) is 12.8 Å². The van der Waals surface area contributed by atoms with Gasteiger partial charge in [-0.05, 0) is 19.8 Å². The monoisotopic (exact) mass is 212 g/mol. The minimum Gasteiger partial charge on any atom is -0.344 e. The topological polar surface area (TPSA) is 46.3 Å². The average molecular weight is 212 g/mol. The van der Waals surface area contributed by atoms with E-state index in [1.807, 2.05) is 14.0 Å². The van der Waals surface area contributed by atoms with Crippen LogP contribution >= 0.6 is 0 Å². The Bertz CT molecular complexity index is 196. The van der Waals surface area contributed by atoms with Gasteiger partial charge in [0.2, 0.25) is 5.91 Å². The quantitative estimate of drug-likeness (QED) is 0.725. The van der Waals surface area contributed by atoms with E-state index in [9.17, 15) is 4.79 Å². The number of hydrogen-bond donors (Lipinski definition) is 1. The van der Waals surface area contributed by atoms with Crippen molar-refractivity contribution in [2.75, 3.05) is 13.6 Å². The molecule has 1 amide bonds. The Hall–Kier alpha value is -0.570. The van der Waals surface area contributed by atoms with Crippen molar-refractivity contribution >= 4 is 5.91 Å². The van der Waals surface area contributed by atoms with Crippen molar-refractivity contribution in [1.82, 2.24) is 4.90 Å². The molecule has 15 heavy (non-hydrogen) atoms. The zero-order valence-corrected chi connectivity index (χ0v) is 10.0. The number of carbonyl (C=O) groups is 1. The summed E-state index contributed by atoms with van der Waals surface area (Å²) in [4.78, 5) is 13.9. The molecular formula is C12H24N2O. The smallest absolute Gasteiger partial charge is 0.225 e. The maximum absolute atomic E-state index is 12.1. The van der Waals surface area contributed by atoms with Gasteiger partial charge in [0.25, 0.3) is 0 Å². The molecule has 0 aromatic heterocycles. The van der Waals surface area contributed by atoms with E-state index in [-0.39, 0.29) is 12.0 Å². The Balaban J connectivity index is 2.42. The van der Waals surface area contributed by atoms with Crippen molar-refractivity contribution in [3.63, 3.8) is 0 Å². The van der Waals surface area contributed by atoms with Gasteiger partial charge in [-0.2, -0.15) is 0 Å². The first-order valence-corrected chi connectivity index (χ1v) is 6.12. The first-order valence-electron chi connectivity index (χ1n) is 6.12. The number of carbonyl (C=O) groups excluding carboxylic acids is 1. The Morgan fingerprint density at radius 2 is 1.87 bits per heavy atom. The third-order valence-electron chi connectivity index (χ3n) is 3.14. The summed E-state index contributed by atoms with van der Waals surface area (Å²) >= 11 is 0. The van der Waals surface area contributed by atoms with Crippen LogP contribution < -0.4 is 5.73 Å². The van der Waals surface area contributed by atoms with E-state index in [4.69, 9.17) is 5.73 Å². The zero-order valence-electron chi connectivity index (χ0n) is 10.0. The summed E-state index contributed by atoms with van der Waals surface area (Å²) in [6.45, 7) is 2.62. The van der Waals surface area contributed by atoms with Gasteiger partial charge in [0.15, 0.2) is 0 Å². The largest absolute Gasteiger partial charge is 0.344 e. The van der Waals surface area contributed by atoms with Crippen LogP contribution in [0, 0.1) is 5.92 Å². The van der Waals surface area contributed by atoms with Crippen LogP contribution in [0.25, 0.3) is 0 Å². The normalized spacial score (nSPS) is 20.7. The van der Waals surface area contributed by atoms with E-state index in [2.05, 4.69) is 0 Å². The van der Waals surface area contributed by atoms with E-state index in [1.165, 1.54) is 25.7 Å². The van der Waals surface area contributed by atoms with Gasteiger partial charge in [0.1, 0.15) is 0 Å². The predicted octanol–water partition coefficient (Wildman–Crippen LogP) is 1.76. The van der Waals surface area contributed by atoms with Gasteiger partial charge < -0.3 is 10.6 Å². The van der Waals surface area contributed by atoms with Crippen molar-refractivity contribution in [3.05, 3.63) is 0 Å². The molecule has 3 nitrogen and oxygen atoms in total. The molecule has 0 spiro atoms. The molecule has 1 aliphatic carbocycles. The Morgan fingerprint density at radius 1 is 1.33 bits per heavy atom. The highest BCUT2D eigenvalue weighted by atomic mass is 16.2. The van der Waals surface area contributed by atoms with Gasteiger partial charge in [-0.25, -0.2) is 0 Å². The zero-order chi connectivity index (χ0) is 11.3. The molecule has 0 saturated heterocycles. The summed E-state index contributed by atoms with van der Waals surface area (Å²) in [5.41, 5.74) is 5.70. The van der Waals surface area contributed by atoms with Crippen LogP contribution in [-0.2, 0) is 4.79 Å². The summed E-state index contributed by atoms with van der Waals surface area (Å²) in [6.07, 6.45) is 7.15. The molecule has 0 heterocycles. The summed E-state index contributed by atoms with van der Waals surface area (Å²) in [6, 6.07) is 0.0738. The molecule has 0 radical (unpaired) electrons. The van der Waals surface area contributed by atoms with Crippen LogP contribution in [0.4, 0.5) is 0 Å². The van der Waals surface area contributed by atoms with Crippen LogP contribution in [0.1, 0.15) is 45.4 Å². The molecule has 0 bridgehead atoms. The number of amides is 1. The number of hydrogen-bond acceptors (Lipinski definition) is 2. The van der Waals surface area contributed by atoms with Crippen LogP contribution in [0.5, 0.6) is 0 Å². The molecule has 1 saturated carbocycles. The average Bonchev–Trinajstić information content (AvgIpc) is 2.43. The minimum atomic E-state index is 0.0738. The molecule has 1 aliphatic rings. The van der Waals surface area contributed by atoms with Crippen molar-refractivity contribution < 1.29 is 4.79 Å². The fourth-order valence-corrected chi connectivity index (χ4v) is 2.36. The molecular weight excluding hydrogens is 188 g/mol. The maximum atomic E-state index is 12.1. The SMILES string of the molecule is CC(N)CN(C)C(=O)C1CCCCCC1. The van der Waals surface area contributed by atoms with E-state index in [0.29, 0.717) is 12.5 Å². The summed E-state index contributed by atoms with van der Waals surface area (Å²) in [7, 11) is 1.87. The van der Waals surface area contributed by atoms with E-state index in [1.54, 1.807) is 4.90 Å². The molecule has 2 N–H and O–H groups in total. The number of nitrogens with two attached hydrogens (primary N) is 1. The molecule has 0 aromatic rings. The summed E-state index contributed by atoms with van der Waals surface area (Å²) in [5.74, 6) is 0.561. The Kier molecular flexibility index (Phi) is 5.09. The first kappa shape index (κ1) is 12.5. The number of likely N-dealkylation sites (N-methyl/N-ethyl adjacent to an activating group) is 1. The summed E-state index contributed by atoms with van der Waals surface area (Å²) < 4.78 is 0. The third kappa shape index (κ3) is 4.20. The highest BCUT2D eigenvalue weighted by Crippen LogP contribution is 2.24. The molecule has 1 unspecified atom stereocenters. The van der Waals surface area contributed by atoms with Crippen LogP contribution in [-0.4, -0.2) is 30.4 Å². The highest BCUT2D eigenvalue weighted by Gasteiger charge is 2.23. The summed E-state index contributed by atoms with van der Waals surface area (Å²) in [5, 5.41) is 0. The lowest BCUT2D eigenvalue weighted by molar-refractivity contribution is -0.134. The van der Waals surface area contributed by atoms with Crippen LogP contribution in [0.15, 0.2) is 0 Å². The van der Waals surface area contributed by atoms with Crippen molar-refractivity contribution in [2.24, 2.45) is 11.7 Å². The number of nitrogens with zero attached hydrogens (tertiary/aromatic N) is 1. The molecule has 0 aliphatic heterocycles. The van der Waals surface area contributed by atoms with Crippen molar-refractivity contribution in [2.45, 2.75) is 51.5 Å². The molecule has 1 fully saturated rings. The second kappa shape index (κ2) is 6.11. The second-order valence-electron chi connectivity index (χ2n) is 4.88. The van der Waals surface area contributed by atoms with E-state index >= 15 is 0 Å². The Labute approximate surface area is 93.0 Å². The minimum absolute atomic E-state index is 0.0738. The van der Waals surface area contributed by atoms with Crippen LogP contribution in [0.2, 0.25) is 0 Å². The van der Waals surface area contributed by atoms with Gasteiger partial charge in [-0.3, -0.25) is 4.79 Å². The second-order valence-corrected chi connectivity index (χ2v) is 4.88. The molecule has 0 aromatic carbocycles. The van der Waals surface area contributed by atoms with Gasteiger partial charge >= 0.3 is 0 Å². The van der Waals surface area contributed by atoms with Gasteiger partial charge in [-0.1, -0.05) is 25.7 Å². The lowest BCUT2D eigenvalue weighted by atomic mass is 9.99. The lowest BCUT2D eigenvalue weighted by Gasteiger charge is -2.24. The maximum Gasteiger partial charge on any atom is 0.225 e. The molecule has 1 rings (SSSR count). The van der Waals surface area contributed by atoms with Crippen molar-refractivity contribution in [1.29, 1.82) is 0 Å². The standard InChI is InChI=1S/C12H24N2O/c1-10(13)9-14(2)12(15)11-7-5-3-4-6-8-11/h10-11H,3-9,13H2,1-2H3. The molecule has 3 heteroatoms. The Morgan fingerprint density at radius 3 is 2.33 bits per heavy atom. The fourth-order valence-electron chi connectivity index (χ4n) is 2.36. The predicted molar refractivity (Wildman–Crippen MR) is 62.5 cm³/mol.